The molecule has 0 N–H and O–H groups in total. The first-order valence-corrected chi connectivity index (χ1v) is 17.5. The van der Waals surface area contributed by atoms with E-state index < -0.39 is 0 Å². The molecular weight excluding hydrogens is 613 g/mol. The summed E-state index contributed by atoms with van der Waals surface area (Å²) < 4.78 is 5.01. The number of aromatic nitrogens is 1. The van der Waals surface area contributed by atoms with E-state index in [0.29, 0.717) is 0 Å². The molecule has 0 amide bonds. The van der Waals surface area contributed by atoms with Crippen molar-refractivity contribution in [3.63, 3.8) is 0 Å². The van der Waals surface area contributed by atoms with Crippen LogP contribution in [0.1, 0.15) is 0 Å². The van der Waals surface area contributed by atoms with E-state index in [-0.39, 0.29) is 0 Å². The lowest BCUT2D eigenvalue weighted by Gasteiger charge is -2.26. The summed E-state index contributed by atoms with van der Waals surface area (Å²) in [6.45, 7) is 0. The van der Waals surface area contributed by atoms with Gasteiger partial charge < -0.3 is 9.47 Å². The van der Waals surface area contributed by atoms with E-state index in [2.05, 4.69) is 191 Å². The van der Waals surface area contributed by atoms with Crippen LogP contribution in [0.2, 0.25) is 0 Å². The Bertz CT molecular complexity index is 2830. The van der Waals surface area contributed by atoms with Gasteiger partial charge in [-0.05, 0) is 88.6 Å². The molecule has 0 radical (unpaired) electrons. The van der Waals surface area contributed by atoms with Crippen LogP contribution in [0.5, 0.6) is 0 Å². The molecule has 0 bridgehead atoms. The molecule has 0 fully saturated rings. The van der Waals surface area contributed by atoms with Gasteiger partial charge in [-0.2, -0.15) is 0 Å². The van der Waals surface area contributed by atoms with E-state index >= 15 is 0 Å². The zero-order valence-corrected chi connectivity index (χ0v) is 27.4. The smallest absolute Gasteiger partial charge is 0.0547 e. The van der Waals surface area contributed by atoms with E-state index in [0.717, 1.165) is 22.7 Å². The largest absolute Gasteiger partial charge is 0.310 e. The maximum atomic E-state index is 2.42. The minimum absolute atomic E-state index is 1.12. The molecule has 0 aliphatic rings. The third kappa shape index (κ3) is 4.55. The first-order chi connectivity index (χ1) is 24.3. The molecule has 0 saturated carbocycles. The Morgan fingerprint density at radius 1 is 0.388 bits per heavy atom. The molecule has 2 nitrogen and oxygen atoms in total. The van der Waals surface area contributed by atoms with Gasteiger partial charge in [0.15, 0.2) is 0 Å². The summed E-state index contributed by atoms with van der Waals surface area (Å²) in [6.07, 6.45) is 0. The molecular formula is C46H30N2S. The minimum atomic E-state index is 1.12. The molecule has 10 aromatic rings. The van der Waals surface area contributed by atoms with E-state index in [1.807, 2.05) is 11.3 Å². The Hall–Kier alpha value is -6.16. The molecule has 3 heteroatoms. The zero-order valence-electron chi connectivity index (χ0n) is 26.6. The third-order valence-electron chi connectivity index (χ3n) is 9.74. The molecule has 2 heterocycles. The molecule has 0 aliphatic heterocycles. The van der Waals surface area contributed by atoms with Gasteiger partial charge in [0.1, 0.15) is 0 Å². The molecule has 49 heavy (non-hydrogen) atoms. The molecule has 0 atom stereocenters. The Morgan fingerprint density at radius 3 is 1.92 bits per heavy atom. The predicted molar refractivity (Wildman–Crippen MR) is 211 cm³/mol. The number of hydrogen-bond acceptors (Lipinski definition) is 2. The summed E-state index contributed by atoms with van der Waals surface area (Å²) in [5, 5.41) is 7.64. The Kier molecular flexibility index (Phi) is 6.39. The number of para-hydroxylation sites is 1. The monoisotopic (exact) mass is 642 g/mol. The highest BCUT2D eigenvalue weighted by molar-refractivity contribution is 7.25. The van der Waals surface area contributed by atoms with Crippen LogP contribution < -0.4 is 4.90 Å². The van der Waals surface area contributed by atoms with Gasteiger partial charge in [-0.3, -0.25) is 0 Å². The average Bonchev–Trinajstić information content (AvgIpc) is 3.71. The van der Waals surface area contributed by atoms with Crippen molar-refractivity contribution in [2.45, 2.75) is 0 Å². The SMILES string of the molecule is c1ccc(-c2cccc(N(c3ccc4c(c3)sc3ccccc34)c3ccc4c(c3)c3c5ccccc5ccc3n4-c3ccccc3)c2)cc1. The van der Waals surface area contributed by atoms with Crippen LogP contribution in [0.3, 0.4) is 0 Å². The highest BCUT2D eigenvalue weighted by Crippen LogP contribution is 2.44. The Morgan fingerprint density at radius 2 is 1.04 bits per heavy atom. The second kappa shape index (κ2) is 11.2. The number of hydrogen-bond donors (Lipinski definition) is 0. The highest BCUT2D eigenvalue weighted by atomic mass is 32.1. The quantitative estimate of drug-likeness (QED) is 0.181. The van der Waals surface area contributed by atoms with E-state index in [1.165, 1.54) is 63.9 Å². The van der Waals surface area contributed by atoms with Gasteiger partial charge >= 0.3 is 0 Å². The maximum absolute atomic E-state index is 2.42. The van der Waals surface area contributed by atoms with Crippen LogP contribution in [0.4, 0.5) is 17.1 Å². The summed E-state index contributed by atoms with van der Waals surface area (Å²) in [5.41, 5.74) is 9.35. The topological polar surface area (TPSA) is 8.17 Å². The zero-order chi connectivity index (χ0) is 32.3. The van der Waals surface area contributed by atoms with Gasteiger partial charge in [-0.1, -0.05) is 115 Å². The van der Waals surface area contributed by atoms with Crippen molar-refractivity contribution in [2.24, 2.45) is 0 Å². The van der Waals surface area contributed by atoms with Crippen LogP contribution in [0.15, 0.2) is 182 Å². The first-order valence-electron chi connectivity index (χ1n) is 16.7. The summed E-state index contributed by atoms with van der Waals surface area (Å²) in [4.78, 5) is 2.42. The normalized spacial score (nSPS) is 11.7. The third-order valence-corrected chi connectivity index (χ3v) is 10.9. The number of rotatable bonds is 5. The van der Waals surface area contributed by atoms with Gasteiger partial charge in [-0.15, -0.1) is 11.3 Å². The Balaban J connectivity index is 1.25. The van der Waals surface area contributed by atoms with Crippen molar-refractivity contribution in [2.75, 3.05) is 4.90 Å². The summed E-state index contributed by atoms with van der Waals surface area (Å²) >= 11 is 1.86. The molecule has 0 saturated heterocycles. The highest BCUT2D eigenvalue weighted by Gasteiger charge is 2.20. The second-order valence-corrected chi connectivity index (χ2v) is 13.7. The molecule has 8 aromatic carbocycles. The van der Waals surface area contributed by atoms with Gasteiger partial charge in [0, 0.05) is 53.7 Å². The standard InChI is InChI=1S/C46H30N2S/c1-3-12-31(13-4-1)33-15-11-18-35(28-33)47(37-23-25-40-39-20-9-10-21-44(39)49-45(40)30-37)36-24-27-42-41(29-36)46-38-19-8-7-14-32(38)22-26-43(46)48(42)34-16-5-2-6-17-34/h1-30H. The van der Waals surface area contributed by atoms with Crippen molar-refractivity contribution in [1.82, 2.24) is 4.57 Å². The van der Waals surface area contributed by atoms with Crippen LogP contribution in [0, 0.1) is 0 Å². The fraction of sp³-hybridized carbons (Fsp3) is 0. The van der Waals surface area contributed by atoms with E-state index in [9.17, 15) is 0 Å². The fourth-order valence-corrected chi connectivity index (χ4v) is 8.67. The van der Waals surface area contributed by atoms with Gasteiger partial charge in [0.2, 0.25) is 0 Å². The molecule has 10 rings (SSSR count). The minimum Gasteiger partial charge on any atom is -0.310 e. The van der Waals surface area contributed by atoms with Crippen molar-refractivity contribution in [1.29, 1.82) is 0 Å². The van der Waals surface area contributed by atoms with Gasteiger partial charge in [0.05, 0.1) is 11.0 Å². The molecule has 230 valence electrons. The van der Waals surface area contributed by atoms with Crippen LogP contribution in [0.25, 0.3) is 69.6 Å². The number of anilines is 3. The van der Waals surface area contributed by atoms with Crippen LogP contribution in [-0.2, 0) is 0 Å². The van der Waals surface area contributed by atoms with E-state index in [1.54, 1.807) is 0 Å². The lowest BCUT2D eigenvalue weighted by atomic mass is 10.0. The molecule has 0 unspecified atom stereocenters. The van der Waals surface area contributed by atoms with Gasteiger partial charge in [0.25, 0.3) is 0 Å². The number of fused-ring (bicyclic) bond motifs is 8. The summed E-state index contributed by atoms with van der Waals surface area (Å²) in [6, 6.07) is 66.2. The summed E-state index contributed by atoms with van der Waals surface area (Å²) in [7, 11) is 0. The number of nitrogens with zero attached hydrogens (tertiary/aromatic N) is 2. The van der Waals surface area contributed by atoms with Crippen LogP contribution in [-0.4, -0.2) is 4.57 Å². The molecule has 2 aromatic heterocycles. The molecule has 0 spiro atoms. The number of benzene rings is 8. The Labute approximate surface area is 288 Å². The van der Waals surface area contributed by atoms with Crippen molar-refractivity contribution in [3.05, 3.63) is 182 Å². The molecule has 0 aliphatic carbocycles. The lowest BCUT2D eigenvalue weighted by Crippen LogP contribution is -2.10. The predicted octanol–water partition coefficient (Wildman–Crippen LogP) is 13.4. The summed E-state index contributed by atoms with van der Waals surface area (Å²) in [5.74, 6) is 0. The average molecular weight is 643 g/mol. The fourth-order valence-electron chi connectivity index (χ4n) is 7.53. The van der Waals surface area contributed by atoms with Crippen LogP contribution >= 0.6 is 11.3 Å². The number of thiophene rings is 1. The van der Waals surface area contributed by atoms with Crippen molar-refractivity contribution < 1.29 is 0 Å². The van der Waals surface area contributed by atoms with Gasteiger partial charge in [-0.25, -0.2) is 0 Å². The first kappa shape index (κ1) is 27.9. The van der Waals surface area contributed by atoms with Crippen molar-refractivity contribution >= 4 is 81.1 Å². The lowest BCUT2D eigenvalue weighted by molar-refractivity contribution is 1.18. The maximum Gasteiger partial charge on any atom is 0.0547 e. The second-order valence-electron chi connectivity index (χ2n) is 12.6. The van der Waals surface area contributed by atoms with Crippen molar-refractivity contribution in [3.8, 4) is 16.8 Å². The van der Waals surface area contributed by atoms with E-state index in [4.69, 9.17) is 0 Å².